The quantitative estimate of drug-likeness (QED) is 0.610. The Morgan fingerprint density at radius 3 is 2.83 bits per heavy atom. The van der Waals surface area contributed by atoms with Crippen molar-refractivity contribution < 1.29 is 18.7 Å². The maximum atomic E-state index is 12.9. The lowest BCUT2D eigenvalue weighted by Gasteiger charge is -2.25. The normalized spacial score (nSPS) is 16.1. The minimum Gasteiger partial charge on any atom is -0.489 e. The largest absolute Gasteiger partial charge is 0.489 e. The van der Waals surface area contributed by atoms with Crippen molar-refractivity contribution in [1.82, 2.24) is 9.88 Å². The number of pyridine rings is 1. The molecule has 4 rings (SSSR count). The van der Waals surface area contributed by atoms with Crippen LogP contribution in [-0.2, 0) is 16.0 Å². The highest BCUT2D eigenvalue weighted by atomic mass is 19.1. The van der Waals surface area contributed by atoms with E-state index >= 15 is 0 Å². The molecule has 2 amide bonds. The molecule has 1 N–H and O–H groups in total. The van der Waals surface area contributed by atoms with Crippen LogP contribution in [-0.4, -0.2) is 41.4 Å². The van der Waals surface area contributed by atoms with Crippen molar-refractivity contribution >= 4 is 23.7 Å². The Morgan fingerprint density at radius 1 is 1.23 bits per heavy atom. The van der Waals surface area contributed by atoms with E-state index in [9.17, 15) is 14.0 Å². The summed E-state index contributed by atoms with van der Waals surface area (Å²) in [6.45, 7) is 1.58. The molecule has 30 heavy (non-hydrogen) atoms. The first-order valence-corrected chi connectivity index (χ1v) is 9.89. The predicted octanol–water partition coefficient (Wildman–Crippen LogP) is 3.36. The lowest BCUT2D eigenvalue weighted by molar-refractivity contribution is -0.125. The first kappa shape index (κ1) is 19.8. The number of nitrogens with one attached hydrogen (secondary N) is 1. The Hall–Kier alpha value is -3.48. The van der Waals surface area contributed by atoms with Gasteiger partial charge in [-0.05, 0) is 65.9 Å². The Kier molecular flexibility index (Phi) is 5.88. The second-order valence-corrected chi connectivity index (χ2v) is 7.30. The summed E-state index contributed by atoms with van der Waals surface area (Å²) < 4.78 is 18.6. The number of nitrogens with zero attached hydrogens (tertiary/aromatic N) is 2. The highest BCUT2D eigenvalue weighted by Gasteiger charge is 2.17. The number of aromatic nitrogens is 1. The highest BCUT2D eigenvalue weighted by molar-refractivity contribution is 5.94. The van der Waals surface area contributed by atoms with Crippen LogP contribution in [0.3, 0.4) is 0 Å². The maximum absolute atomic E-state index is 12.9. The number of fused-ring (bicyclic) bond motifs is 1. The summed E-state index contributed by atoms with van der Waals surface area (Å²) in [4.78, 5) is 29.9. The predicted molar refractivity (Wildman–Crippen MR) is 111 cm³/mol. The molecule has 2 aliphatic rings. The van der Waals surface area contributed by atoms with Gasteiger partial charge in [-0.25, -0.2) is 9.37 Å². The lowest BCUT2D eigenvalue weighted by Crippen LogP contribution is -2.34. The van der Waals surface area contributed by atoms with Gasteiger partial charge in [-0.15, -0.1) is 0 Å². The summed E-state index contributed by atoms with van der Waals surface area (Å²) in [5.74, 6) is 0.854. The second kappa shape index (κ2) is 8.90. The summed E-state index contributed by atoms with van der Waals surface area (Å²) in [6, 6.07) is 7.88. The molecule has 1 aromatic carbocycles. The number of carbonyl (C=O) groups excluding carboxylic acids is 2. The Labute approximate surface area is 174 Å². The van der Waals surface area contributed by atoms with Crippen LogP contribution in [0.4, 0.5) is 10.2 Å². The third-order valence-electron chi connectivity index (χ3n) is 5.14. The van der Waals surface area contributed by atoms with Crippen LogP contribution in [0.5, 0.6) is 5.75 Å². The lowest BCUT2D eigenvalue weighted by atomic mass is 10.0. The molecule has 1 aromatic heterocycles. The van der Waals surface area contributed by atoms with Crippen molar-refractivity contribution in [2.24, 2.45) is 0 Å². The standard InChI is InChI=1S/C23H22FN3O3/c24-19-3-5-20(6-4-19)30-15-16-9-11-27(12-10-16)22(29)8-1-17-13-18-2-7-21(28)26-23(18)25-14-17/h1,3-6,8-9,13-14H,2,7,10-12,15H2,(H,25,26,28). The molecule has 0 saturated carbocycles. The summed E-state index contributed by atoms with van der Waals surface area (Å²) >= 11 is 0. The molecule has 0 radical (unpaired) electrons. The van der Waals surface area contributed by atoms with Gasteiger partial charge in [0.2, 0.25) is 11.8 Å². The van der Waals surface area contributed by atoms with Gasteiger partial charge in [-0.1, -0.05) is 6.08 Å². The molecule has 2 aromatic rings. The SMILES string of the molecule is O=C1CCc2cc(C=CC(=O)N3CC=C(COc4ccc(F)cc4)CC3)cnc2N1. The molecule has 0 aliphatic carbocycles. The Bertz CT molecular complexity index is 1010. The zero-order chi connectivity index (χ0) is 20.9. The summed E-state index contributed by atoms with van der Waals surface area (Å²) in [5.41, 5.74) is 2.93. The van der Waals surface area contributed by atoms with Gasteiger partial charge in [0, 0.05) is 31.8 Å². The minimum atomic E-state index is -0.292. The number of halogens is 1. The molecular weight excluding hydrogens is 385 g/mol. The molecule has 6 nitrogen and oxygen atoms in total. The van der Waals surface area contributed by atoms with E-state index in [0.717, 1.165) is 23.1 Å². The minimum absolute atomic E-state index is 0.0194. The van der Waals surface area contributed by atoms with Gasteiger partial charge in [0.25, 0.3) is 0 Å². The molecule has 154 valence electrons. The monoisotopic (exact) mass is 407 g/mol. The van der Waals surface area contributed by atoms with Crippen molar-refractivity contribution in [2.75, 3.05) is 25.0 Å². The molecule has 0 unspecified atom stereocenters. The number of ether oxygens (including phenoxy) is 1. The smallest absolute Gasteiger partial charge is 0.246 e. The van der Waals surface area contributed by atoms with E-state index in [4.69, 9.17) is 4.74 Å². The number of rotatable bonds is 5. The molecule has 7 heteroatoms. The van der Waals surface area contributed by atoms with Crippen LogP contribution in [0, 0.1) is 5.82 Å². The summed E-state index contributed by atoms with van der Waals surface area (Å²) in [7, 11) is 0. The Balaban J connectivity index is 1.29. The number of benzene rings is 1. The van der Waals surface area contributed by atoms with E-state index < -0.39 is 0 Å². The van der Waals surface area contributed by atoms with Crippen molar-refractivity contribution in [2.45, 2.75) is 19.3 Å². The zero-order valence-electron chi connectivity index (χ0n) is 16.4. The third kappa shape index (κ3) is 4.92. The van der Waals surface area contributed by atoms with Crippen LogP contribution in [0.15, 0.2) is 54.3 Å². The molecule has 3 heterocycles. The van der Waals surface area contributed by atoms with Gasteiger partial charge in [-0.2, -0.15) is 0 Å². The van der Waals surface area contributed by atoms with E-state index in [-0.39, 0.29) is 17.6 Å². The zero-order valence-corrected chi connectivity index (χ0v) is 16.4. The Morgan fingerprint density at radius 2 is 2.07 bits per heavy atom. The van der Waals surface area contributed by atoms with Crippen LogP contribution in [0.25, 0.3) is 6.08 Å². The number of amides is 2. The fourth-order valence-corrected chi connectivity index (χ4v) is 3.39. The topological polar surface area (TPSA) is 71.5 Å². The average molecular weight is 407 g/mol. The number of anilines is 1. The molecular formula is C23H22FN3O3. The van der Waals surface area contributed by atoms with Crippen LogP contribution >= 0.6 is 0 Å². The third-order valence-corrected chi connectivity index (χ3v) is 5.14. The van der Waals surface area contributed by atoms with Gasteiger partial charge in [0.05, 0.1) is 0 Å². The van der Waals surface area contributed by atoms with Crippen molar-refractivity contribution in [3.63, 3.8) is 0 Å². The van der Waals surface area contributed by atoms with Crippen LogP contribution < -0.4 is 10.1 Å². The number of hydrogen-bond donors (Lipinski definition) is 1. The van der Waals surface area contributed by atoms with E-state index in [1.807, 2.05) is 12.1 Å². The summed E-state index contributed by atoms with van der Waals surface area (Å²) in [6.07, 6.45) is 8.80. The van der Waals surface area contributed by atoms with Gasteiger partial charge in [0.1, 0.15) is 24.0 Å². The van der Waals surface area contributed by atoms with Crippen molar-refractivity contribution in [1.29, 1.82) is 0 Å². The van der Waals surface area contributed by atoms with Gasteiger partial charge in [-0.3, -0.25) is 9.59 Å². The fraction of sp³-hybridized carbons (Fsp3) is 0.261. The van der Waals surface area contributed by atoms with Gasteiger partial charge >= 0.3 is 0 Å². The average Bonchev–Trinajstić information content (AvgIpc) is 2.77. The highest BCUT2D eigenvalue weighted by Crippen LogP contribution is 2.21. The molecule has 0 bridgehead atoms. The van der Waals surface area contributed by atoms with E-state index in [2.05, 4.69) is 10.3 Å². The van der Waals surface area contributed by atoms with Crippen LogP contribution in [0.2, 0.25) is 0 Å². The van der Waals surface area contributed by atoms with E-state index in [0.29, 0.717) is 44.1 Å². The second-order valence-electron chi connectivity index (χ2n) is 7.30. The van der Waals surface area contributed by atoms with Gasteiger partial charge < -0.3 is 15.0 Å². The van der Waals surface area contributed by atoms with E-state index in [1.54, 1.807) is 35.4 Å². The summed E-state index contributed by atoms with van der Waals surface area (Å²) in [5, 5.41) is 2.75. The van der Waals surface area contributed by atoms with Crippen molar-refractivity contribution in [3.05, 3.63) is 71.2 Å². The number of hydrogen-bond acceptors (Lipinski definition) is 4. The first-order chi connectivity index (χ1) is 14.6. The fourth-order valence-electron chi connectivity index (χ4n) is 3.39. The first-order valence-electron chi connectivity index (χ1n) is 9.89. The number of aryl methyl sites for hydroxylation is 1. The molecule has 2 aliphatic heterocycles. The molecule has 0 atom stereocenters. The maximum Gasteiger partial charge on any atom is 0.246 e. The number of carbonyl (C=O) groups is 2. The molecule has 0 saturated heterocycles. The van der Waals surface area contributed by atoms with Crippen molar-refractivity contribution in [3.8, 4) is 5.75 Å². The molecule has 0 spiro atoms. The van der Waals surface area contributed by atoms with E-state index in [1.165, 1.54) is 12.1 Å². The van der Waals surface area contributed by atoms with Crippen LogP contribution in [0.1, 0.15) is 24.0 Å². The van der Waals surface area contributed by atoms with Gasteiger partial charge in [0.15, 0.2) is 0 Å². The molecule has 0 fully saturated rings.